The van der Waals surface area contributed by atoms with Gasteiger partial charge in [0.1, 0.15) is 11.6 Å². The minimum absolute atomic E-state index is 0.0714. The van der Waals surface area contributed by atoms with Gasteiger partial charge in [-0.15, -0.1) is 0 Å². The lowest BCUT2D eigenvalue weighted by atomic mass is 9.86. The number of alkyl carbamates (subject to hydrolysis) is 1. The van der Waals surface area contributed by atoms with Crippen LogP contribution in [0.2, 0.25) is 0 Å². The second kappa shape index (κ2) is 13.6. The number of aromatic nitrogens is 4. The lowest BCUT2D eigenvalue weighted by molar-refractivity contribution is 0.0985. The number of halogens is 2. The number of amides is 1. The SMILES string of the molecule is CCCCOC(=O)NC1CCC(CNc2nc(N3CCOC[C@@H]3C)cc(-n3c(C(F)F)nc4ccc(C)cc43)n2)CC1. The van der Waals surface area contributed by atoms with Crippen LogP contribution in [0, 0.1) is 12.8 Å². The van der Waals surface area contributed by atoms with Crippen LogP contribution in [0.25, 0.3) is 16.9 Å². The van der Waals surface area contributed by atoms with Crippen LogP contribution in [0.1, 0.15) is 70.2 Å². The molecule has 1 saturated heterocycles. The highest BCUT2D eigenvalue weighted by molar-refractivity contribution is 5.79. The number of unbranched alkanes of at least 4 members (excludes halogenated alkanes) is 1. The van der Waals surface area contributed by atoms with E-state index < -0.39 is 6.43 Å². The molecular formula is C30H41F2N7O3. The van der Waals surface area contributed by atoms with Gasteiger partial charge in [0.2, 0.25) is 5.95 Å². The van der Waals surface area contributed by atoms with E-state index in [2.05, 4.69) is 34.4 Å². The number of morpholine rings is 1. The van der Waals surface area contributed by atoms with E-state index in [0.29, 0.717) is 67.4 Å². The van der Waals surface area contributed by atoms with Crippen LogP contribution in [-0.4, -0.2) is 70.6 Å². The van der Waals surface area contributed by atoms with Crippen LogP contribution in [0.5, 0.6) is 0 Å². The molecule has 2 aliphatic rings. The Morgan fingerprint density at radius 1 is 1.14 bits per heavy atom. The van der Waals surface area contributed by atoms with E-state index in [1.54, 1.807) is 12.1 Å². The van der Waals surface area contributed by atoms with Gasteiger partial charge in [0.05, 0.1) is 36.9 Å². The van der Waals surface area contributed by atoms with E-state index >= 15 is 0 Å². The third kappa shape index (κ3) is 7.08. The van der Waals surface area contributed by atoms with E-state index in [4.69, 9.17) is 19.4 Å². The number of hydrogen-bond donors (Lipinski definition) is 2. The van der Waals surface area contributed by atoms with Crippen molar-refractivity contribution in [2.45, 2.75) is 77.8 Å². The Kier molecular flexibility index (Phi) is 9.71. The maximum atomic E-state index is 14.2. The van der Waals surface area contributed by atoms with Crippen LogP contribution in [0.4, 0.5) is 25.3 Å². The van der Waals surface area contributed by atoms with Gasteiger partial charge in [0, 0.05) is 25.2 Å². The summed E-state index contributed by atoms with van der Waals surface area (Å²) in [6.45, 7) is 8.88. The van der Waals surface area contributed by atoms with Gasteiger partial charge in [-0.3, -0.25) is 4.57 Å². The van der Waals surface area contributed by atoms with E-state index in [9.17, 15) is 13.6 Å². The summed E-state index contributed by atoms with van der Waals surface area (Å²) in [6.07, 6.45) is 2.32. The van der Waals surface area contributed by atoms with Crippen molar-refractivity contribution in [3.63, 3.8) is 0 Å². The highest BCUT2D eigenvalue weighted by Gasteiger charge is 2.27. The molecule has 0 spiro atoms. The molecule has 228 valence electrons. The number of nitrogens with zero attached hydrogens (tertiary/aromatic N) is 5. The number of ether oxygens (including phenoxy) is 2. The molecule has 3 heterocycles. The standard InChI is InChI=1S/C30H41F2N7O3/c1-4-5-13-42-30(40)34-22-9-7-21(8-10-22)17-33-29-36-25(38-12-14-41-18-20(38)3)16-26(37-29)39-24-15-19(2)6-11-23(24)35-28(39)27(31)32/h6,11,15-16,20-22,27H,4-5,7-10,12-14,17-18H2,1-3H3,(H,34,40)(H,33,36,37)/t20-,21?,22?/m0/s1. The summed E-state index contributed by atoms with van der Waals surface area (Å²) >= 11 is 0. The zero-order valence-corrected chi connectivity index (χ0v) is 24.6. The van der Waals surface area contributed by atoms with Crippen LogP contribution in [-0.2, 0) is 9.47 Å². The molecule has 0 bridgehead atoms. The van der Waals surface area contributed by atoms with Crippen molar-refractivity contribution in [3.05, 3.63) is 35.7 Å². The van der Waals surface area contributed by atoms with Gasteiger partial charge in [-0.1, -0.05) is 19.4 Å². The molecule has 2 aromatic heterocycles. The molecule has 0 unspecified atom stereocenters. The molecule has 42 heavy (non-hydrogen) atoms. The van der Waals surface area contributed by atoms with Crippen LogP contribution in [0.15, 0.2) is 24.3 Å². The zero-order valence-electron chi connectivity index (χ0n) is 24.6. The van der Waals surface area contributed by atoms with E-state index in [1.807, 2.05) is 19.1 Å². The number of benzene rings is 1. The van der Waals surface area contributed by atoms with Gasteiger partial charge in [0.25, 0.3) is 6.43 Å². The van der Waals surface area contributed by atoms with Crippen molar-refractivity contribution in [1.29, 1.82) is 0 Å². The first kappa shape index (κ1) is 29.9. The maximum Gasteiger partial charge on any atom is 0.407 e. The van der Waals surface area contributed by atoms with Crippen LogP contribution >= 0.6 is 0 Å². The van der Waals surface area contributed by atoms with Gasteiger partial charge in [0.15, 0.2) is 5.82 Å². The first-order valence-electron chi connectivity index (χ1n) is 15.0. The third-order valence-electron chi connectivity index (χ3n) is 8.07. The molecular weight excluding hydrogens is 544 g/mol. The largest absolute Gasteiger partial charge is 0.450 e. The Balaban J connectivity index is 1.35. The minimum Gasteiger partial charge on any atom is -0.450 e. The summed E-state index contributed by atoms with van der Waals surface area (Å²) in [4.78, 5) is 27.9. The first-order chi connectivity index (χ1) is 20.3. The first-order valence-corrected chi connectivity index (χ1v) is 15.0. The summed E-state index contributed by atoms with van der Waals surface area (Å²) in [5, 5.41) is 6.38. The molecule has 1 amide bonds. The fourth-order valence-electron chi connectivity index (χ4n) is 5.69. The molecule has 3 aromatic rings. The summed E-state index contributed by atoms with van der Waals surface area (Å²) in [5.41, 5.74) is 2.01. The smallest absolute Gasteiger partial charge is 0.407 e. The van der Waals surface area contributed by atoms with Crippen LogP contribution in [0.3, 0.4) is 0 Å². The molecule has 5 rings (SSSR count). The van der Waals surface area contributed by atoms with Crippen molar-refractivity contribution >= 4 is 28.9 Å². The second-order valence-electron chi connectivity index (χ2n) is 11.4. The summed E-state index contributed by atoms with van der Waals surface area (Å²) in [5.74, 6) is 1.41. The van der Waals surface area contributed by atoms with Gasteiger partial charge in [-0.05, 0) is 69.6 Å². The number of carbonyl (C=O) groups is 1. The predicted molar refractivity (Wildman–Crippen MR) is 158 cm³/mol. The molecule has 1 aliphatic heterocycles. The van der Waals surface area contributed by atoms with Gasteiger partial charge >= 0.3 is 6.09 Å². The number of rotatable bonds is 10. The van der Waals surface area contributed by atoms with Crippen molar-refractivity contribution in [2.75, 3.05) is 43.1 Å². The fraction of sp³-hybridized carbons (Fsp3) is 0.600. The number of nitrogens with one attached hydrogen (secondary N) is 2. The van der Waals surface area contributed by atoms with Crippen molar-refractivity contribution in [1.82, 2.24) is 24.8 Å². The van der Waals surface area contributed by atoms with E-state index in [-0.39, 0.29) is 24.0 Å². The minimum atomic E-state index is -2.78. The van der Waals surface area contributed by atoms with E-state index in [0.717, 1.165) is 44.1 Å². The van der Waals surface area contributed by atoms with Gasteiger partial charge in [-0.25, -0.2) is 18.6 Å². The summed E-state index contributed by atoms with van der Waals surface area (Å²) < 4.78 is 40.8. The maximum absolute atomic E-state index is 14.2. The fourth-order valence-corrected chi connectivity index (χ4v) is 5.69. The average molecular weight is 586 g/mol. The van der Waals surface area contributed by atoms with Gasteiger partial charge in [-0.2, -0.15) is 9.97 Å². The zero-order chi connectivity index (χ0) is 29.6. The summed E-state index contributed by atoms with van der Waals surface area (Å²) in [6, 6.07) is 7.42. The molecule has 1 atom stereocenters. The molecule has 2 N–H and O–H groups in total. The molecule has 1 saturated carbocycles. The number of imidazole rings is 1. The number of aryl methyl sites for hydroxylation is 1. The quantitative estimate of drug-likeness (QED) is 0.288. The Hall–Kier alpha value is -3.54. The van der Waals surface area contributed by atoms with Crippen LogP contribution < -0.4 is 15.5 Å². The number of fused-ring (bicyclic) bond motifs is 1. The van der Waals surface area contributed by atoms with E-state index in [1.165, 1.54) is 4.57 Å². The van der Waals surface area contributed by atoms with Crippen molar-refractivity contribution < 1.29 is 23.0 Å². The predicted octanol–water partition coefficient (Wildman–Crippen LogP) is 5.78. The highest BCUT2D eigenvalue weighted by Crippen LogP contribution is 2.31. The molecule has 0 radical (unpaired) electrons. The van der Waals surface area contributed by atoms with Crippen molar-refractivity contribution in [3.8, 4) is 5.82 Å². The average Bonchev–Trinajstić information content (AvgIpc) is 3.36. The lowest BCUT2D eigenvalue weighted by Crippen LogP contribution is -2.44. The molecule has 10 nitrogen and oxygen atoms in total. The van der Waals surface area contributed by atoms with Crippen molar-refractivity contribution in [2.24, 2.45) is 5.92 Å². The monoisotopic (exact) mass is 585 g/mol. The molecule has 1 aliphatic carbocycles. The number of anilines is 2. The normalized spacial score (nSPS) is 21.1. The number of alkyl halides is 2. The third-order valence-corrected chi connectivity index (χ3v) is 8.07. The number of hydrogen-bond acceptors (Lipinski definition) is 8. The topological polar surface area (TPSA) is 106 Å². The second-order valence-corrected chi connectivity index (χ2v) is 11.4. The number of carbonyl (C=O) groups excluding carboxylic acids is 1. The highest BCUT2D eigenvalue weighted by atomic mass is 19.3. The Morgan fingerprint density at radius 3 is 2.67 bits per heavy atom. The Labute approximate surface area is 245 Å². The molecule has 2 fully saturated rings. The van der Waals surface area contributed by atoms with Gasteiger partial charge < -0.3 is 25.0 Å². The Morgan fingerprint density at radius 2 is 1.93 bits per heavy atom. The Bertz CT molecular complexity index is 1360. The molecule has 1 aromatic carbocycles. The lowest BCUT2D eigenvalue weighted by Gasteiger charge is -2.34. The summed E-state index contributed by atoms with van der Waals surface area (Å²) in [7, 11) is 0. The molecule has 12 heteroatoms.